The van der Waals surface area contributed by atoms with Crippen LogP contribution in [-0.4, -0.2) is 48.4 Å². The van der Waals surface area contributed by atoms with Crippen LogP contribution < -0.4 is 10.6 Å². The lowest BCUT2D eigenvalue weighted by Crippen LogP contribution is -2.37. The van der Waals surface area contributed by atoms with Gasteiger partial charge in [0.1, 0.15) is 11.4 Å². The first-order valence-electron chi connectivity index (χ1n) is 8.39. The summed E-state index contributed by atoms with van der Waals surface area (Å²) in [4.78, 5) is 30.9. The van der Waals surface area contributed by atoms with Gasteiger partial charge in [-0.05, 0) is 36.6 Å². The molecule has 6 heteroatoms. The number of hydrogen-bond donors (Lipinski definition) is 2. The molecule has 25 heavy (non-hydrogen) atoms. The van der Waals surface area contributed by atoms with E-state index in [-0.39, 0.29) is 29.2 Å². The highest BCUT2D eigenvalue weighted by Crippen LogP contribution is 2.27. The minimum absolute atomic E-state index is 0.00885. The van der Waals surface area contributed by atoms with Crippen LogP contribution in [-0.2, 0) is 0 Å². The summed E-state index contributed by atoms with van der Waals surface area (Å²) < 4.78 is 0. The highest BCUT2D eigenvalue weighted by atomic mass is 16.2. The van der Waals surface area contributed by atoms with Crippen molar-refractivity contribution in [3.63, 3.8) is 0 Å². The molecule has 134 valence electrons. The van der Waals surface area contributed by atoms with E-state index in [1.165, 1.54) is 0 Å². The average molecular weight is 342 g/mol. The van der Waals surface area contributed by atoms with Gasteiger partial charge < -0.3 is 15.5 Å². The van der Waals surface area contributed by atoms with Crippen molar-refractivity contribution < 1.29 is 9.59 Å². The predicted octanol–water partition coefficient (Wildman–Crippen LogP) is 2.06. The summed E-state index contributed by atoms with van der Waals surface area (Å²) in [5.74, 6) is -0.307. The van der Waals surface area contributed by atoms with Crippen molar-refractivity contribution >= 4 is 17.5 Å². The zero-order chi connectivity index (χ0) is 18.7. The van der Waals surface area contributed by atoms with E-state index in [4.69, 9.17) is 0 Å². The van der Waals surface area contributed by atoms with Gasteiger partial charge in [0.25, 0.3) is 11.8 Å². The summed E-state index contributed by atoms with van der Waals surface area (Å²) in [7, 11) is 3.49. The Kier molecular flexibility index (Phi) is 5.62. The molecule has 1 aliphatic rings. The second-order valence-corrected chi connectivity index (χ2v) is 6.76. The Bertz CT molecular complexity index is 737. The van der Waals surface area contributed by atoms with Crippen molar-refractivity contribution in [2.75, 3.05) is 20.6 Å². The van der Waals surface area contributed by atoms with Crippen LogP contribution in [0.1, 0.15) is 47.3 Å². The molecule has 2 heterocycles. The van der Waals surface area contributed by atoms with E-state index in [0.29, 0.717) is 5.92 Å². The Labute approximate surface area is 149 Å². The van der Waals surface area contributed by atoms with Gasteiger partial charge in [-0.1, -0.05) is 20.4 Å². The number of pyridine rings is 1. The zero-order valence-electron chi connectivity index (χ0n) is 15.5. The Morgan fingerprint density at radius 3 is 2.28 bits per heavy atom. The predicted molar refractivity (Wildman–Crippen MR) is 99.1 cm³/mol. The van der Waals surface area contributed by atoms with Gasteiger partial charge >= 0.3 is 0 Å². The normalized spacial score (nSPS) is 15.2. The third-order valence-electron chi connectivity index (χ3n) is 4.36. The Morgan fingerprint density at radius 2 is 1.80 bits per heavy atom. The summed E-state index contributed by atoms with van der Waals surface area (Å²) in [6, 6.07) is 3.42. The van der Waals surface area contributed by atoms with Crippen molar-refractivity contribution in [3.8, 4) is 0 Å². The van der Waals surface area contributed by atoms with Crippen LogP contribution in [0.4, 0.5) is 0 Å². The molecule has 2 amide bonds. The first-order chi connectivity index (χ1) is 11.7. The summed E-state index contributed by atoms with van der Waals surface area (Å²) >= 11 is 0. The first-order valence-corrected chi connectivity index (χ1v) is 8.39. The average Bonchev–Trinajstić information content (AvgIpc) is 2.91. The third kappa shape index (κ3) is 4.26. The van der Waals surface area contributed by atoms with Gasteiger partial charge in [-0.15, -0.1) is 0 Å². The number of amides is 2. The molecule has 0 unspecified atom stereocenters. The molecule has 0 fully saturated rings. The Hall–Kier alpha value is -2.63. The van der Waals surface area contributed by atoms with Crippen molar-refractivity contribution in [3.05, 3.63) is 47.3 Å². The van der Waals surface area contributed by atoms with Gasteiger partial charge in [0.2, 0.25) is 0 Å². The van der Waals surface area contributed by atoms with E-state index in [2.05, 4.69) is 22.2 Å². The fourth-order valence-corrected chi connectivity index (χ4v) is 2.53. The van der Waals surface area contributed by atoms with Crippen molar-refractivity contribution in [1.82, 2.24) is 20.5 Å². The molecule has 2 rings (SSSR count). The summed E-state index contributed by atoms with van der Waals surface area (Å²) in [6.07, 6.45) is 1.96. The number of nitrogens with zero attached hydrogens (tertiary/aromatic N) is 2. The molecule has 0 radical (unpaired) electrons. The number of nitrogens with one attached hydrogen (secondary N) is 2. The topological polar surface area (TPSA) is 74.3 Å². The molecule has 0 saturated carbocycles. The summed E-state index contributed by atoms with van der Waals surface area (Å²) in [6.45, 7) is 10.7. The maximum Gasteiger partial charge on any atom is 0.270 e. The summed E-state index contributed by atoms with van der Waals surface area (Å²) in [5.41, 5.74) is 3.13. The van der Waals surface area contributed by atoms with E-state index in [0.717, 1.165) is 23.4 Å². The summed E-state index contributed by atoms with van der Waals surface area (Å²) in [5, 5.41) is 5.49. The molecule has 0 aliphatic carbocycles. The molecule has 2 N–H and O–H groups in total. The van der Waals surface area contributed by atoms with Crippen molar-refractivity contribution in [2.45, 2.75) is 26.8 Å². The number of aromatic nitrogens is 1. The second-order valence-electron chi connectivity index (χ2n) is 6.76. The van der Waals surface area contributed by atoms with Crippen LogP contribution in [0.2, 0.25) is 0 Å². The Balaban J connectivity index is 2.44. The maximum absolute atomic E-state index is 12.6. The lowest BCUT2D eigenvalue weighted by molar-refractivity contribution is 0.0925. The molecular weight excluding hydrogens is 316 g/mol. The number of likely N-dealkylation sites (N-methyl/N-ethyl adjacent to an activating group) is 1. The van der Waals surface area contributed by atoms with Gasteiger partial charge in [-0.2, -0.15) is 0 Å². The minimum Gasteiger partial charge on any atom is -0.370 e. The van der Waals surface area contributed by atoms with E-state index in [9.17, 15) is 9.59 Å². The number of hydrogen-bond acceptors (Lipinski definition) is 4. The second kappa shape index (κ2) is 7.51. The van der Waals surface area contributed by atoms with Gasteiger partial charge in [-0.3, -0.25) is 9.59 Å². The molecule has 0 spiro atoms. The quantitative estimate of drug-likeness (QED) is 0.859. The largest absolute Gasteiger partial charge is 0.370 e. The van der Waals surface area contributed by atoms with Crippen LogP contribution >= 0.6 is 0 Å². The molecule has 0 bridgehead atoms. The molecule has 0 saturated heterocycles. The van der Waals surface area contributed by atoms with Crippen LogP contribution in [0, 0.1) is 5.92 Å². The smallest absolute Gasteiger partial charge is 0.270 e. The molecule has 1 aromatic heterocycles. The van der Waals surface area contributed by atoms with Crippen LogP contribution in [0.3, 0.4) is 0 Å². The van der Waals surface area contributed by atoms with Crippen molar-refractivity contribution in [2.24, 2.45) is 5.92 Å². The number of carbonyl (C=O) groups is 2. The van der Waals surface area contributed by atoms with E-state index < -0.39 is 0 Å². The van der Waals surface area contributed by atoms with E-state index in [1.807, 2.05) is 38.8 Å². The standard InChI is InChI=1S/C19H26N4O2/c1-11(2)13(4)21-19(25)16-9-14(8-15(22-16)18(24)20-5)17-7-12(3)10-23(17)6/h7-9,11,13H,3,10H2,1-2,4-6H3,(H,20,24)(H,21,25)/t13-/m1/s1. The van der Waals surface area contributed by atoms with E-state index >= 15 is 0 Å². The van der Waals surface area contributed by atoms with Crippen LogP contribution in [0.15, 0.2) is 30.4 Å². The molecule has 1 atom stereocenters. The SMILES string of the molecule is C=C1C=C(c2cc(C(=O)NC)nc(C(=O)N[C@H](C)C(C)C)c2)N(C)C1. The lowest BCUT2D eigenvalue weighted by atomic mass is 10.1. The monoisotopic (exact) mass is 342 g/mol. The van der Waals surface area contributed by atoms with Gasteiger partial charge in [0.15, 0.2) is 0 Å². The Morgan fingerprint density at radius 1 is 1.20 bits per heavy atom. The van der Waals surface area contributed by atoms with Gasteiger partial charge in [-0.25, -0.2) is 4.98 Å². The van der Waals surface area contributed by atoms with Crippen LogP contribution in [0.25, 0.3) is 5.70 Å². The fraction of sp³-hybridized carbons (Fsp3) is 0.421. The number of carbonyl (C=O) groups excluding carboxylic acids is 2. The van der Waals surface area contributed by atoms with Crippen LogP contribution in [0.5, 0.6) is 0 Å². The fourth-order valence-electron chi connectivity index (χ4n) is 2.53. The highest BCUT2D eigenvalue weighted by Gasteiger charge is 2.21. The maximum atomic E-state index is 12.6. The molecule has 1 aliphatic heterocycles. The molecule has 1 aromatic rings. The third-order valence-corrected chi connectivity index (χ3v) is 4.36. The van der Waals surface area contributed by atoms with E-state index in [1.54, 1.807) is 19.2 Å². The lowest BCUT2D eigenvalue weighted by Gasteiger charge is -2.19. The molecular formula is C19H26N4O2. The minimum atomic E-state index is -0.326. The van der Waals surface area contributed by atoms with Gasteiger partial charge in [0, 0.05) is 37.9 Å². The van der Waals surface area contributed by atoms with Gasteiger partial charge in [0.05, 0.1) is 0 Å². The molecule has 0 aromatic carbocycles. The number of rotatable bonds is 5. The highest BCUT2D eigenvalue weighted by molar-refractivity contribution is 5.97. The first kappa shape index (κ1) is 18.7. The molecule has 6 nitrogen and oxygen atoms in total. The van der Waals surface area contributed by atoms with Crippen molar-refractivity contribution in [1.29, 1.82) is 0 Å². The zero-order valence-corrected chi connectivity index (χ0v) is 15.5.